The van der Waals surface area contributed by atoms with E-state index in [1.807, 2.05) is 12.1 Å². The molecule has 0 aromatic heterocycles. The Morgan fingerprint density at radius 3 is 2.63 bits per heavy atom. The first kappa shape index (κ1) is 34.9. The zero-order valence-electron chi connectivity index (χ0n) is 26.7. The molecule has 49 heavy (non-hydrogen) atoms. The largest absolute Gasteiger partial charge is 0.492 e. The summed E-state index contributed by atoms with van der Waals surface area (Å²) in [6.45, 7) is 0.321. The standard InChI is InChI=1S/C32H40N2O15/c1-34-11-16(33)12-43-32-31(28(39)30(40-6-2-5-35)25(47-32)14-42-27(38)10-26(36)37)49-48-17-3-4-21-19(7-17)29-20(13-41-21)18-8-23-24(45-15-44-23)9-22(18)46-29/h3-4,7-9,16,20,25,28-32,34-35,39H,2,5-6,10-15,33H2,1H3,(H,36,37). The van der Waals surface area contributed by atoms with Crippen molar-refractivity contribution < 1.29 is 72.6 Å². The topological polar surface area (TPSA) is 225 Å². The molecule has 0 amide bonds. The number of carbonyl (C=O) groups is 2. The summed E-state index contributed by atoms with van der Waals surface area (Å²) in [5.74, 6) is 0.324. The van der Waals surface area contributed by atoms with Crippen LogP contribution in [0.15, 0.2) is 30.3 Å². The van der Waals surface area contributed by atoms with Gasteiger partial charge in [0.05, 0.1) is 19.1 Å². The molecule has 4 heterocycles. The first-order chi connectivity index (χ1) is 23.7. The summed E-state index contributed by atoms with van der Waals surface area (Å²) in [7, 11) is 1.73. The summed E-state index contributed by atoms with van der Waals surface area (Å²) in [5.41, 5.74) is 7.77. The smallest absolute Gasteiger partial charge is 0.317 e. The van der Waals surface area contributed by atoms with Gasteiger partial charge in [-0.2, -0.15) is 4.89 Å². The predicted molar refractivity (Wildman–Crippen MR) is 163 cm³/mol. The Morgan fingerprint density at radius 2 is 1.86 bits per heavy atom. The van der Waals surface area contributed by atoms with Crippen molar-refractivity contribution in [1.29, 1.82) is 0 Å². The molecule has 268 valence electrons. The van der Waals surface area contributed by atoms with Gasteiger partial charge in [-0.25, -0.2) is 0 Å². The van der Waals surface area contributed by atoms with Crippen molar-refractivity contribution in [2.45, 2.75) is 61.6 Å². The molecule has 0 saturated carbocycles. The van der Waals surface area contributed by atoms with E-state index in [1.54, 1.807) is 25.2 Å². The van der Waals surface area contributed by atoms with Crippen LogP contribution in [0.1, 0.15) is 36.0 Å². The monoisotopic (exact) mass is 692 g/mol. The van der Waals surface area contributed by atoms with E-state index < -0.39 is 61.7 Å². The third-order valence-electron chi connectivity index (χ3n) is 8.36. The summed E-state index contributed by atoms with van der Waals surface area (Å²) in [5, 5.41) is 32.7. The van der Waals surface area contributed by atoms with Crippen LogP contribution in [-0.4, -0.2) is 117 Å². The number of fused-ring (bicyclic) bond motifs is 6. The molecule has 0 spiro atoms. The third-order valence-corrected chi connectivity index (χ3v) is 8.36. The number of carboxylic acid groups (broad SMARTS) is 1. The van der Waals surface area contributed by atoms with Crippen LogP contribution in [0.3, 0.4) is 0 Å². The van der Waals surface area contributed by atoms with Crippen molar-refractivity contribution in [2.75, 3.05) is 53.4 Å². The van der Waals surface area contributed by atoms with Gasteiger partial charge in [-0.15, -0.1) is 0 Å². The average molecular weight is 693 g/mol. The molecule has 4 aliphatic heterocycles. The van der Waals surface area contributed by atoms with Crippen molar-refractivity contribution in [3.05, 3.63) is 41.5 Å². The number of benzene rings is 2. The van der Waals surface area contributed by atoms with Gasteiger partial charge < -0.3 is 69.2 Å². The molecule has 0 bridgehead atoms. The maximum absolute atomic E-state index is 12.0. The van der Waals surface area contributed by atoms with E-state index in [2.05, 4.69) is 5.32 Å². The van der Waals surface area contributed by atoms with Crippen molar-refractivity contribution in [1.82, 2.24) is 5.32 Å². The van der Waals surface area contributed by atoms with Crippen molar-refractivity contribution in [3.63, 3.8) is 0 Å². The number of likely N-dealkylation sites (N-methyl/N-ethyl adjacent to an activating group) is 1. The fraction of sp³-hybridized carbons (Fsp3) is 0.562. The number of nitrogens with two attached hydrogens (primary N) is 1. The van der Waals surface area contributed by atoms with Gasteiger partial charge in [-0.3, -0.25) is 9.59 Å². The molecule has 0 aliphatic carbocycles. The van der Waals surface area contributed by atoms with E-state index in [9.17, 15) is 19.8 Å². The SMILES string of the molecule is CNCC(N)COC1OC(COC(=O)CC(=O)O)C(OCCCO)C(O)C1OOc1ccc2c(c1)C1Oc3cc4c(cc3C1CO2)OCO4. The van der Waals surface area contributed by atoms with Gasteiger partial charge in [-0.1, -0.05) is 0 Å². The lowest BCUT2D eigenvalue weighted by Gasteiger charge is -2.43. The first-order valence-corrected chi connectivity index (χ1v) is 15.9. The highest BCUT2D eigenvalue weighted by Crippen LogP contribution is 2.54. The second kappa shape index (κ2) is 15.7. The fourth-order valence-corrected chi connectivity index (χ4v) is 6.04. The molecule has 6 rings (SSSR count). The van der Waals surface area contributed by atoms with Gasteiger partial charge in [0.1, 0.15) is 48.9 Å². The average Bonchev–Trinajstić information content (AvgIpc) is 3.69. The molecule has 1 saturated heterocycles. The minimum Gasteiger partial charge on any atom is -0.492 e. The third kappa shape index (κ3) is 7.94. The molecular weight excluding hydrogens is 652 g/mol. The molecule has 17 nitrogen and oxygen atoms in total. The van der Waals surface area contributed by atoms with Crippen LogP contribution in [0.2, 0.25) is 0 Å². The number of aliphatic hydroxyl groups excluding tert-OH is 2. The van der Waals surface area contributed by atoms with Gasteiger partial charge in [0.15, 0.2) is 29.6 Å². The maximum atomic E-state index is 12.0. The number of rotatable bonds is 16. The number of ether oxygens (including phenoxy) is 8. The summed E-state index contributed by atoms with van der Waals surface area (Å²) in [4.78, 5) is 34.5. The Balaban J connectivity index is 1.18. The summed E-state index contributed by atoms with van der Waals surface area (Å²) in [6.07, 6.45) is -7.32. The lowest BCUT2D eigenvalue weighted by molar-refractivity contribution is -0.375. The van der Waals surface area contributed by atoms with Crippen LogP contribution in [0.4, 0.5) is 0 Å². The van der Waals surface area contributed by atoms with Crippen LogP contribution >= 0.6 is 0 Å². The van der Waals surface area contributed by atoms with Crippen LogP contribution in [0, 0.1) is 0 Å². The second-order valence-electron chi connectivity index (χ2n) is 11.9. The van der Waals surface area contributed by atoms with Crippen molar-refractivity contribution in [2.24, 2.45) is 5.73 Å². The molecule has 0 radical (unpaired) electrons. The number of esters is 1. The summed E-state index contributed by atoms with van der Waals surface area (Å²) in [6, 6.07) is 8.34. The van der Waals surface area contributed by atoms with Crippen molar-refractivity contribution >= 4 is 11.9 Å². The summed E-state index contributed by atoms with van der Waals surface area (Å²) < 4.78 is 46.4. The number of carboxylic acids is 1. The predicted octanol–water partition coefficient (Wildman–Crippen LogP) is 0.139. The fourth-order valence-electron chi connectivity index (χ4n) is 6.04. The number of hydrogen-bond acceptors (Lipinski definition) is 16. The zero-order valence-corrected chi connectivity index (χ0v) is 26.7. The quantitative estimate of drug-likeness (QED) is 0.0518. The number of aliphatic carboxylic acids is 1. The molecule has 1 fully saturated rings. The lowest BCUT2D eigenvalue weighted by atomic mass is 9.89. The molecule has 4 aliphatic rings. The Bertz CT molecular complexity index is 1480. The minimum absolute atomic E-state index is 0.0176. The molecule has 17 heteroatoms. The zero-order chi connectivity index (χ0) is 34.5. The number of hydrogen-bond donors (Lipinski definition) is 5. The summed E-state index contributed by atoms with van der Waals surface area (Å²) >= 11 is 0. The van der Waals surface area contributed by atoms with E-state index >= 15 is 0 Å². The number of aliphatic hydroxyl groups is 2. The highest BCUT2D eigenvalue weighted by molar-refractivity contribution is 5.90. The molecule has 8 unspecified atom stereocenters. The Labute approximate surface area is 280 Å². The highest BCUT2D eigenvalue weighted by Gasteiger charge is 2.49. The van der Waals surface area contributed by atoms with Gasteiger partial charge in [-0.05, 0) is 37.7 Å². The normalized spacial score (nSPS) is 26.8. The first-order valence-electron chi connectivity index (χ1n) is 15.9. The van der Waals surface area contributed by atoms with E-state index in [-0.39, 0.29) is 50.8 Å². The molecule has 8 atom stereocenters. The van der Waals surface area contributed by atoms with Gasteiger partial charge in [0.25, 0.3) is 0 Å². The maximum Gasteiger partial charge on any atom is 0.317 e. The molecule has 2 aromatic carbocycles. The number of carbonyl (C=O) groups excluding carboxylic acids is 1. The van der Waals surface area contributed by atoms with Crippen LogP contribution in [0.5, 0.6) is 28.7 Å². The Morgan fingerprint density at radius 1 is 1.04 bits per heavy atom. The van der Waals surface area contributed by atoms with Crippen LogP contribution < -0.4 is 34.9 Å². The van der Waals surface area contributed by atoms with Gasteiger partial charge in [0, 0.05) is 43.0 Å². The Hall–Kier alpha value is -3.94. The van der Waals surface area contributed by atoms with E-state index in [0.29, 0.717) is 36.1 Å². The van der Waals surface area contributed by atoms with Crippen LogP contribution in [-0.2, 0) is 33.4 Å². The molecule has 2 aromatic rings. The van der Waals surface area contributed by atoms with Gasteiger partial charge in [0.2, 0.25) is 6.79 Å². The van der Waals surface area contributed by atoms with E-state index in [1.165, 1.54) is 0 Å². The van der Waals surface area contributed by atoms with E-state index in [0.717, 1.165) is 11.1 Å². The second-order valence-corrected chi connectivity index (χ2v) is 11.9. The van der Waals surface area contributed by atoms with Crippen molar-refractivity contribution in [3.8, 4) is 28.7 Å². The lowest BCUT2D eigenvalue weighted by Crippen LogP contribution is -2.62. The molecular formula is C32H40N2O15. The number of nitrogens with one attached hydrogen (secondary N) is 1. The molecule has 6 N–H and O–H groups in total. The highest BCUT2D eigenvalue weighted by atomic mass is 17.2. The van der Waals surface area contributed by atoms with Crippen LogP contribution in [0.25, 0.3) is 0 Å². The van der Waals surface area contributed by atoms with Gasteiger partial charge >= 0.3 is 11.9 Å². The van der Waals surface area contributed by atoms with E-state index in [4.69, 9.17) is 58.5 Å². The minimum atomic E-state index is -1.47. The Kier molecular flexibility index (Phi) is 11.2.